The minimum absolute atomic E-state index is 0.0196. The molecule has 1 amide bonds. The topological polar surface area (TPSA) is 95.5 Å². The molecule has 2 aromatic rings. The van der Waals surface area contributed by atoms with Gasteiger partial charge in [0.2, 0.25) is 0 Å². The van der Waals surface area contributed by atoms with Crippen LogP contribution in [0.4, 0.5) is 5.69 Å². The second kappa shape index (κ2) is 8.13. The third-order valence-corrected chi connectivity index (χ3v) is 5.15. The number of carbonyl (C=O) groups excluding carboxylic acids is 1. The average molecular weight is 362 g/mol. The van der Waals surface area contributed by atoms with Crippen molar-refractivity contribution in [1.29, 1.82) is 0 Å². The second-order valence-corrected chi connectivity index (χ2v) is 7.44. The van der Waals surface area contributed by atoms with Crippen LogP contribution in [-0.4, -0.2) is 32.6 Å². The van der Waals surface area contributed by atoms with Crippen molar-refractivity contribution in [2.45, 2.75) is 25.2 Å². The van der Waals surface area contributed by atoms with Crippen LogP contribution < -0.4 is 10.0 Å². The molecular weight excluding hydrogens is 340 g/mol. The number of aliphatic hydroxyl groups excluding tert-OH is 1. The van der Waals surface area contributed by atoms with E-state index in [4.69, 9.17) is 5.11 Å². The summed E-state index contributed by atoms with van der Waals surface area (Å²) in [6.45, 7) is 3.86. The first kappa shape index (κ1) is 19.0. The van der Waals surface area contributed by atoms with Gasteiger partial charge in [0.1, 0.15) is 0 Å². The van der Waals surface area contributed by atoms with Crippen LogP contribution in [0, 0.1) is 13.8 Å². The fourth-order valence-corrected chi connectivity index (χ4v) is 3.65. The number of amides is 1. The first-order chi connectivity index (χ1) is 11.8. The lowest BCUT2D eigenvalue weighted by Gasteiger charge is -2.12. The first-order valence-electron chi connectivity index (χ1n) is 7.92. The fourth-order valence-electron chi connectivity index (χ4n) is 2.33. The van der Waals surface area contributed by atoms with Crippen molar-refractivity contribution in [2.75, 3.05) is 17.9 Å². The van der Waals surface area contributed by atoms with E-state index in [-0.39, 0.29) is 23.0 Å². The highest BCUT2D eigenvalue weighted by Gasteiger charge is 2.19. The summed E-state index contributed by atoms with van der Waals surface area (Å²) in [6.07, 6.45) is 0.442. The molecule has 0 radical (unpaired) electrons. The monoisotopic (exact) mass is 362 g/mol. The number of aliphatic hydroxyl groups is 1. The minimum atomic E-state index is -3.81. The Morgan fingerprint density at radius 2 is 1.88 bits per heavy atom. The molecule has 0 spiro atoms. The zero-order valence-corrected chi connectivity index (χ0v) is 15.1. The number of hydrogen-bond acceptors (Lipinski definition) is 4. The maximum Gasteiger partial charge on any atom is 0.262 e. The van der Waals surface area contributed by atoms with Crippen molar-refractivity contribution in [3.8, 4) is 0 Å². The van der Waals surface area contributed by atoms with Crippen LogP contribution in [0.25, 0.3) is 0 Å². The second-order valence-electron chi connectivity index (χ2n) is 5.79. The molecule has 2 rings (SSSR count). The highest BCUT2D eigenvalue weighted by molar-refractivity contribution is 7.92. The quantitative estimate of drug-likeness (QED) is 0.658. The fraction of sp³-hybridized carbons (Fsp3) is 0.278. The third kappa shape index (κ3) is 5.04. The van der Waals surface area contributed by atoms with Gasteiger partial charge in [0, 0.05) is 24.4 Å². The molecule has 134 valence electrons. The van der Waals surface area contributed by atoms with Crippen LogP contribution in [0.3, 0.4) is 0 Å². The maximum absolute atomic E-state index is 12.7. The molecule has 0 aliphatic rings. The molecule has 25 heavy (non-hydrogen) atoms. The number of nitrogens with one attached hydrogen (secondary N) is 2. The molecule has 0 atom stereocenters. The van der Waals surface area contributed by atoms with Crippen LogP contribution in [0.1, 0.15) is 27.9 Å². The van der Waals surface area contributed by atoms with E-state index in [1.807, 2.05) is 13.0 Å². The van der Waals surface area contributed by atoms with Gasteiger partial charge in [-0.15, -0.1) is 0 Å². The Kier molecular flexibility index (Phi) is 6.17. The Balaban J connectivity index is 2.27. The predicted octanol–water partition coefficient (Wildman–Crippen LogP) is 2.22. The van der Waals surface area contributed by atoms with Gasteiger partial charge in [-0.05, 0) is 55.7 Å². The minimum Gasteiger partial charge on any atom is -0.396 e. The summed E-state index contributed by atoms with van der Waals surface area (Å²) in [5.74, 6) is -0.375. The molecule has 0 aliphatic heterocycles. The van der Waals surface area contributed by atoms with Crippen molar-refractivity contribution in [3.05, 3.63) is 59.2 Å². The number of benzene rings is 2. The molecule has 0 bridgehead atoms. The van der Waals surface area contributed by atoms with Crippen LogP contribution in [-0.2, 0) is 10.0 Å². The van der Waals surface area contributed by atoms with Gasteiger partial charge in [-0.1, -0.05) is 18.2 Å². The van der Waals surface area contributed by atoms with E-state index >= 15 is 0 Å². The molecule has 0 unspecified atom stereocenters. The summed E-state index contributed by atoms with van der Waals surface area (Å²) in [5, 5.41) is 11.4. The van der Waals surface area contributed by atoms with Gasteiger partial charge < -0.3 is 10.4 Å². The Bertz CT molecular complexity index is 863. The first-order valence-corrected chi connectivity index (χ1v) is 9.41. The molecule has 0 aromatic heterocycles. The lowest BCUT2D eigenvalue weighted by Crippen LogP contribution is -2.25. The van der Waals surface area contributed by atoms with Gasteiger partial charge in [-0.3, -0.25) is 9.52 Å². The highest BCUT2D eigenvalue weighted by atomic mass is 32.2. The molecule has 0 aliphatic carbocycles. The van der Waals surface area contributed by atoms with E-state index in [1.165, 1.54) is 6.07 Å². The third-order valence-electron chi connectivity index (χ3n) is 3.63. The molecule has 7 heteroatoms. The molecule has 0 heterocycles. The number of hydrogen-bond donors (Lipinski definition) is 3. The van der Waals surface area contributed by atoms with E-state index < -0.39 is 10.0 Å². The van der Waals surface area contributed by atoms with Gasteiger partial charge in [-0.2, -0.15) is 0 Å². The van der Waals surface area contributed by atoms with E-state index in [9.17, 15) is 13.2 Å². The van der Waals surface area contributed by atoms with Crippen molar-refractivity contribution in [3.63, 3.8) is 0 Å². The summed E-state index contributed by atoms with van der Waals surface area (Å²) in [6, 6.07) is 11.6. The summed E-state index contributed by atoms with van der Waals surface area (Å²) < 4.78 is 27.9. The molecule has 2 aromatic carbocycles. The van der Waals surface area contributed by atoms with E-state index in [0.717, 1.165) is 5.56 Å². The lowest BCUT2D eigenvalue weighted by atomic mass is 10.1. The van der Waals surface area contributed by atoms with Gasteiger partial charge in [0.05, 0.1) is 4.90 Å². The average Bonchev–Trinajstić information content (AvgIpc) is 2.54. The summed E-state index contributed by atoms with van der Waals surface area (Å²) in [5.41, 5.74) is 2.21. The van der Waals surface area contributed by atoms with E-state index in [0.29, 0.717) is 24.2 Å². The number of carbonyl (C=O) groups is 1. The zero-order valence-electron chi connectivity index (χ0n) is 14.2. The van der Waals surface area contributed by atoms with Crippen molar-refractivity contribution in [1.82, 2.24) is 5.32 Å². The van der Waals surface area contributed by atoms with Crippen molar-refractivity contribution >= 4 is 21.6 Å². The molecule has 0 saturated heterocycles. The van der Waals surface area contributed by atoms with Crippen LogP contribution in [0.2, 0.25) is 0 Å². The SMILES string of the molecule is Cc1cccc(NS(=O)(=O)c2cc(C(=O)NCCCO)ccc2C)c1. The Labute approximate surface area is 147 Å². The molecule has 3 N–H and O–H groups in total. The number of sulfonamides is 1. The number of rotatable bonds is 7. The highest BCUT2D eigenvalue weighted by Crippen LogP contribution is 2.21. The van der Waals surface area contributed by atoms with Crippen LogP contribution >= 0.6 is 0 Å². The zero-order chi connectivity index (χ0) is 18.4. The summed E-state index contributed by atoms with van der Waals surface area (Å²) in [7, 11) is -3.81. The van der Waals surface area contributed by atoms with Crippen molar-refractivity contribution in [2.24, 2.45) is 0 Å². The molecule has 0 fully saturated rings. The van der Waals surface area contributed by atoms with E-state index in [1.54, 1.807) is 37.3 Å². The number of anilines is 1. The van der Waals surface area contributed by atoms with Gasteiger partial charge in [0.15, 0.2) is 0 Å². The van der Waals surface area contributed by atoms with Crippen molar-refractivity contribution < 1.29 is 18.3 Å². The standard InChI is InChI=1S/C18H22N2O4S/c1-13-5-3-6-16(11-13)20-25(23,24)17-12-15(8-7-14(17)2)18(22)19-9-4-10-21/h3,5-8,11-12,20-21H,4,9-10H2,1-2H3,(H,19,22). The number of aryl methyl sites for hydroxylation is 2. The summed E-state index contributed by atoms with van der Waals surface area (Å²) in [4.78, 5) is 12.2. The maximum atomic E-state index is 12.7. The molecule has 6 nitrogen and oxygen atoms in total. The Morgan fingerprint density at radius 3 is 2.56 bits per heavy atom. The largest absolute Gasteiger partial charge is 0.396 e. The van der Waals surface area contributed by atoms with E-state index in [2.05, 4.69) is 10.0 Å². The van der Waals surface area contributed by atoms with Crippen LogP contribution in [0.5, 0.6) is 0 Å². The normalized spacial score (nSPS) is 11.2. The Morgan fingerprint density at radius 1 is 1.12 bits per heavy atom. The molecular formula is C18H22N2O4S. The lowest BCUT2D eigenvalue weighted by molar-refractivity contribution is 0.0951. The Hall–Kier alpha value is -2.38. The van der Waals surface area contributed by atoms with Gasteiger partial charge in [0.25, 0.3) is 15.9 Å². The smallest absolute Gasteiger partial charge is 0.262 e. The molecule has 0 saturated carbocycles. The van der Waals surface area contributed by atoms with Crippen LogP contribution in [0.15, 0.2) is 47.4 Å². The van der Waals surface area contributed by atoms with Gasteiger partial charge in [-0.25, -0.2) is 8.42 Å². The van der Waals surface area contributed by atoms with Gasteiger partial charge >= 0.3 is 0 Å². The summed E-state index contributed by atoms with van der Waals surface area (Å²) >= 11 is 0. The predicted molar refractivity (Wildman–Crippen MR) is 97.2 cm³/mol.